The number of hydrogen-bond donors (Lipinski definition) is 4. The summed E-state index contributed by atoms with van der Waals surface area (Å²) in [5, 5.41) is 5.70. The second-order valence-corrected chi connectivity index (χ2v) is 7.33. The van der Waals surface area contributed by atoms with Crippen molar-refractivity contribution in [3.63, 3.8) is 0 Å². The zero-order valence-corrected chi connectivity index (χ0v) is 16.5. The number of carbonyl (C=O) groups is 2. The molecule has 1 fully saturated rings. The molecule has 0 saturated carbocycles. The van der Waals surface area contributed by atoms with Gasteiger partial charge < -0.3 is 20.4 Å². The van der Waals surface area contributed by atoms with Crippen LogP contribution in [0.2, 0.25) is 0 Å². The molecule has 28 heavy (non-hydrogen) atoms. The highest BCUT2D eigenvalue weighted by Crippen LogP contribution is 2.10. The molecule has 1 aliphatic rings. The molecule has 6 heteroatoms. The number of hydrogen-bond acceptors (Lipinski definition) is 2. The SMILES string of the molecule is CCNC(=O)c1cccc(NC(=O)C[NH+]2CC[NH+](Cc3ccccc3)CC2)c1. The number of quaternary nitrogens is 2. The minimum Gasteiger partial charge on any atom is -0.352 e. The maximum atomic E-state index is 12.4. The van der Waals surface area contributed by atoms with Gasteiger partial charge in [0.2, 0.25) is 0 Å². The van der Waals surface area contributed by atoms with Gasteiger partial charge in [-0.1, -0.05) is 36.4 Å². The van der Waals surface area contributed by atoms with E-state index in [1.807, 2.05) is 19.1 Å². The van der Waals surface area contributed by atoms with Crippen LogP contribution in [0.25, 0.3) is 0 Å². The molecular formula is C22H30N4O2+2. The van der Waals surface area contributed by atoms with Crippen molar-refractivity contribution < 1.29 is 19.4 Å². The van der Waals surface area contributed by atoms with Crippen LogP contribution in [-0.4, -0.2) is 51.1 Å². The van der Waals surface area contributed by atoms with Gasteiger partial charge in [0, 0.05) is 23.4 Å². The summed E-state index contributed by atoms with van der Waals surface area (Å²) in [5.74, 6) is -0.128. The van der Waals surface area contributed by atoms with Gasteiger partial charge in [-0.3, -0.25) is 9.59 Å². The van der Waals surface area contributed by atoms with Crippen LogP contribution < -0.4 is 20.4 Å². The molecule has 2 aromatic carbocycles. The van der Waals surface area contributed by atoms with Crippen LogP contribution in [-0.2, 0) is 11.3 Å². The number of piperazine rings is 1. The Morgan fingerprint density at radius 2 is 1.64 bits per heavy atom. The van der Waals surface area contributed by atoms with E-state index in [0.29, 0.717) is 24.3 Å². The van der Waals surface area contributed by atoms with Crippen LogP contribution >= 0.6 is 0 Å². The van der Waals surface area contributed by atoms with E-state index in [9.17, 15) is 9.59 Å². The molecule has 2 aromatic rings. The third-order valence-electron chi connectivity index (χ3n) is 5.12. The van der Waals surface area contributed by atoms with Crippen LogP contribution in [0.4, 0.5) is 5.69 Å². The van der Waals surface area contributed by atoms with Gasteiger partial charge in [0.25, 0.3) is 11.8 Å². The van der Waals surface area contributed by atoms with Crippen LogP contribution in [0.5, 0.6) is 0 Å². The van der Waals surface area contributed by atoms with Crippen LogP contribution in [0.15, 0.2) is 54.6 Å². The van der Waals surface area contributed by atoms with E-state index in [2.05, 4.69) is 34.9 Å². The standard InChI is InChI=1S/C22H28N4O2/c1-2-23-22(28)19-9-6-10-20(15-19)24-21(27)17-26-13-11-25(12-14-26)16-18-7-4-3-5-8-18/h3-10,15H,2,11-14,16-17H2,1H3,(H,23,28)(H,24,27)/p+2. The van der Waals surface area contributed by atoms with E-state index in [1.165, 1.54) is 10.5 Å². The third kappa shape index (κ3) is 5.90. The Morgan fingerprint density at radius 1 is 0.929 bits per heavy atom. The van der Waals surface area contributed by atoms with Crippen LogP contribution in [0.1, 0.15) is 22.8 Å². The zero-order valence-electron chi connectivity index (χ0n) is 16.5. The molecule has 0 bridgehead atoms. The molecule has 2 amide bonds. The van der Waals surface area contributed by atoms with E-state index < -0.39 is 0 Å². The minimum absolute atomic E-state index is 0.00504. The summed E-state index contributed by atoms with van der Waals surface area (Å²) in [7, 11) is 0. The Labute approximate surface area is 166 Å². The predicted molar refractivity (Wildman–Crippen MR) is 109 cm³/mol. The summed E-state index contributed by atoms with van der Waals surface area (Å²) in [4.78, 5) is 27.2. The fraction of sp³-hybridized carbons (Fsp3) is 0.364. The van der Waals surface area contributed by atoms with Gasteiger partial charge in [-0.2, -0.15) is 0 Å². The number of amides is 2. The van der Waals surface area contributed by atoms with Gasteiger partial charge in [-0.25, -0.2) is 0 Å². The summed E-state index contributed by atoms with van der Waals surface area (Å²) in [6.07, 6.45) is 0. The molecule has 0 aromatic heterocycles. The highest BCUT2D eigenvalue weighted by molar-refractivity contribution is 5.97. The maximum Gasteiger partial charge on any atom is 0.279 e. The summed E-state index contributed by atoms with van der Waals surface area (Å²) in [6, 6.07) is 17.6. The quantitative estimate of drug-likeness (QED) is 0.515. The first kappa shape index (κ1) is 20.0. The van der Waals surface area contributed by atoms with Gasteiger partial charge in [0.05, 0.1) is 0 Å². The number of carbonyl (C=O) groups excluding carboxylic acids is 2. The Bertz CT molecular complexity index is 786. The molecule has 1 aliphatic heterocycles. The largest absolute Gasteiger partial charge is 0.352 e. The molecular weight excluding hydrogens is 352 g/mol. The van der Waals surface area contributed by atoms with Crippen LogP contribution in [0, 0.1) is 0 Å². The first-order chi connectivity index (χ1) is 13.6. The molecule has 148 valence electrons. The smallest absolute Gasteiger partial charge is 0.279 e. The van der Waals surface area contributed by atoms with Gasteiger partial charge >= 0.3 is 0 Å². The lowest BCUT2D eigenvalue weighted by molar-refractivity contribution is -1.02. The molecule has 4 N–H and O–H groups in total. The fourth-order valence-corrected chi connectivity index (χ4v) is 3.63. The van der Waals surface area contributed by atoms with Gasteiger partial charge in [-0.05, 0) is 25.1 Å². The normalized spacial score (nSPS) is 19.0. The summed E-state index contributed by atoms with van der Waals surface area (Å²) in [5.41, 5.74) is 2.59. The summed E-state index contributed by atoms with van der Waals surface area (Å²) >= 11 is 0. The number of benzene rings is 2. The molecule has 0 aliphatic carbocycles. The van der Waals surface area contributed by atoms with Gasteiger partial charge in [0.1, 0.15) is 32.7 Å². The van der Waals surface area contributed by atoms with E-state index in [0.717, 1.165) is 32.7 Å². The molecule has 0 atom stereocenters. The molecule has 6 nitrogen and oxygen atoms in total. The van der Waals surface area contributed by atoms with Crippen molar-refractivity contribution in [2.24, 2.45) is 0 Å². The molecule has 0 spiro atoms. The summed E-state index contributed by atoms with van der Waals surface area (Å²) < 4.78 is 0. The Kier molecular flexibility index (Phi) is 7.17. The monoisotopic (exact) mass is 382 g/mol. The Balaban J connectivity index is 1.45. The Hall–Kier alpha value is -2.70. The number of rotatable bonds is 7. The average Bonchev–Trinajstić information content (AvgIpc) is 2.70. The van der Waals surface area contributed by atoms with E-state index in [1.54, 1.807) is 23.1 Å². The molecule has 0 radical (unpaired) electrons. The number of nitrogens with one attached hydrogen (secondary N) is 4. The second kappa shape index (κ2) is 10.0. The third-order valence-corrected chi connectivity index (χ3v) is 5.12. The highest BCUT2D eigenvalue weighted by Gasteiger charge is 2.24. The van der Waals surface area contributed by atoms with Crippen molar-refractivity contribution in [1.82, 2.24) is 5.32 Å². The first-order valence-corrected chi connectivity index (χ1v) is 10.0. The minimum atomic E-state index is -0.123. The lowest BCUT2D eigenvalue weighted by Crippen LogP contribution is -3.28. The molecule has 1 saturated heterocycles. The van der Waals surface area contributed by atoms with Crippen molar-refractivity contribution in [3.05, 3.63) is 65.7 Å². The van der Waals surface area contributed by atoms with Gasteiger partial charge in [-0.15, -0.1) is 0 Å². The topological polar surface area (TPSA) is 67.1 Å². The molecule has 0 unspecified atom stereocenters. The summed E-state index contributed by atoms with van der Waals surface area (Å²) in [6.45, 7) is 8.11. The molecule has 1 heterocycles. The first-order valence-electron chi connectivity index (χ1n) is 10.0. The lowest BCUT2D eigenvalue weighted by Gasteiger charge is -2.29. The van der Waals surface area contributed by atoms with Crippen molar-refractivity contribution >= 4 is 17.5 Å². The van der Waals surface area contributed by atoms with E-state index in [-0.39, 0.29) is 11.8 Å². The number of anilines is 1. The highest BCUT2D eigenvalue weighted by atomic mass is 16.2. The van der Waals surface area contributed by atoms with Crippen molar-refractivity contribution in [3.8, 4) is 0 Å². The Morgan fingerprint density at radius 3 is 2.36 bits per heavy atom. The van der Waals surface area contributed by atoms with E-state index >= 15 is 0 Å². The van der Waals surface area contributed by atoms with Crippen molar-refractivity contribution in [2.75, 3.05) is 44.6 Å². The van der Waals surface area contributed by atoms with Crippen molar-refractivity contribution in [1.29, 1.82) is 0 Å². The maximum absolute atomic E-state index is 12.4. The van der Waals surface area contributed by atoms with Crippen LogP contribution in [0.3, 0.4) is 0 Å². The average molecular weight is 383 g/mol. The van der Waals surface area contributed by atoms with E-state index in [4.69, 9.17) is 0 Å². The van der Waals surface area contributed by atoms with Crippen molar-refractivity contribution in [2.45, 2.75) is 13.5 Å². The fourth-order valence-electron chi connectivity index (χ4n) is 3.63. The lowest BCUT2D eigenvalue weighted by atomic mass is 10.2. The second-order valence-electron chi connectivity index (χ2n) is 7.33. The molecule has 3 rings (SSSR count). The van der Waals surface area contributed by atoms with Gasteiger partial charge in [0.15, 0.2) is 6.54 Å². The predicted octanol–water partition coefficient (Wildman–Crippen LogP) is -0.642. The zero-order chi connectivity index (χ0) is 19.8.